The fourth-order valence-electron chi connectivity index (χ4n) is 1.78. The first-order chi connectivity index (χ1) is 9.60. The third-order valence-corrected chi connectivity index (χ3v) is 3.15. The minimum absolute atomic E-state index is 0.184. The van der Waals surface area contributed by atoms with Crippen molar-refractivity contribution in [1.82, 2.24) is 0 Å². The van der Waals surface area contributed by atoms with Crippen LogP contribution in [0.15, 0.2) is 42.5 Å². The second-order valence-electron chi connectivity index (χ2n) is 4.29. The molecule has 2 aromatic rings. The van der Waals surface area contributed by atoms with Crippen LogP contribution in [0.4, 0.5) is 10.1 Å². The van der Waals surface area contributed by atoms with Crippen LogP contribution in [0.25, 0.3) is 0 Å². The highest BCUT2D eigenvalue weighted by atomic mass is 35.5. The van der Waals surface area contributed by atoms with Gasteiger partial charge in [-0.15, -0.1) is 0 Å². The van der Waals surface area contributed by atoms with Crippen molar-refractivity contribution in [2.75, 3.05) is 19.0 Å². The van der Waals surface area contributed by atoms with E-state index < -0.39 is 11.9 Å². The lowest BCUT2D eigenvalue weighted by molar-refractivity contribution is 0.191. The quantitative estimate of drug-likeness (QED) is 0.885. The first-order valence-electron chi connectivity index (χ1n) is 6.11. The third-order valence-electron chi connectivity index (χ3n) is 2.91. The molecule has 1 atom stereocenters. The number of halogens is 2. The Hall–Kier alpha value is -1.78. The molecule has 0 aliphatic rings. The summed E-state index contributed by atoms with van der Waals surface area (Å²) in [6.07, 6.45) is -0.751. The predicted molar refractivity (Wildman–Crippen MR) is 77.9 cm³/mol. The number of aliphatic hydroxyl groups is 1. The van der Waals surface area contributed by atoms with Crippen molar-refractivity contribution >= 4 is 17.3 Å². The molecule has 0 aliphatic heterocycles. The van der Waals surface area contributed by atoms with Gasteiger partial charge in [-0.05, 0) is 35.9 Å². The molecule has 5 heteroatoms. The van der Waals surface area contributed by atoms with Gasteiger partial charge in [0.25, 0.3) is 0 Å². The highest BCUT2D eigenvalue weighted by Crippen LogP contribution is 2.22. The highest BCUT2D eigenvalue weighted by Gasteiger charge is 2.09. The Balaban J connectivity index is 2.00. The minimum Gasteiger partial charge on any atom is -0.497 e. The second-order valence-corrected chi connectivity index (χ2v) is 4.73. The van der Waals surface area contributed by atoms with E-state index in [-0.39, 0.29) is 12.2 Å². The molecule has 0 aliphatic carbocycles. The van der Waals surface area contributed by atoms with Crippen LogP contribution in [0.5, 0.6) is 5.75 Å². The molecule has 2 aromatic carbocycles. The Morgan fingerprint density at radius 3 is 2.60 bits per heavy atom. The monoisotopic (exact) mass is 295 g/mol. The van der Waals surface area contributed by atoms with Gasteiger partial charge in [-0.2, -0.15) is 0 Å². The van der Waals surface area contributed by atoms with Gasteiger partial charge >= 0.3 is 0 Å². The molecule has 1 unspecified atom stereocenters. The average Bonchev–Trinajstić information content (AvgIpc) is 2.48. The summed E-state index contributed by atoms with van der Waals surface area (Å²) in [5.41, 5.74) is 0.991. The van der Waals surface area contributed by atoms with E-state index in [9.17, 15) is 9.50 Å². The summed E-state index contributed by atoms with van der Waals surface area (Å²) in [4.78, 5) is 0. The van der Waals surface area contributed by atoms with Gasteiger partial charge in [0.15, 0.2) is 0 Å². The zero-order valence-corrected chi connectivity index (χ0v) is 11.7. The lowest BCUT2D eigenvalue weighted by Crippen LogP contribution is -2.13. The molecule has 2 rings (SSSR count). The summed E-state index contributed by atoms with van der Waals surface area (Å²) in [5, 5.41) is 13.3. The van der Waals surface area contributed by atoms with Crippen LogP contribution in [0.1, 0.15) is 11.7 Å². The SMILES string of the molecule is COc1ccc(C(O)CNc2cc(Cl)ccc2F)cc1. The third kappa shape index (κ3) is 3.62. The van der Waals surface area contributed by atoms with Crippen molar-refractivity contribution in [1.29, 1.82) is 0 Å². The molecule has 0 radical (unpaired) electrons. The second kappa shape index (κ2) is 6.59. The van der Waals surface area contributed by atoms with Crippen LogP contribution in [0.2, 0.25) is 5.02 Å². The molecule has 0 spiro atoms. The van der Waals surface area contributed by atoms with Crippen molar-refractivity contribution in [3.05, 3.63) is 58.9 Å². The summed E-state index contributed by atoms with van der Waals surface area (Å²) >= 11 is 5.80. The normalized spacial score (nSPS) is 12.0. The van der Waals surface area contributed by atoms with Crippen molar-refractivity contribution in [2.45, 2.75) is 6.10 Å². The number of rotatable bonds is 5. The Morgan fingerprint density at radius 2 is 1.95 bits per heavy atom. The summed E-state index contributed by atoms with van der Waals surface area (Å²) < 4.78 is 18.5. The zero-order valence-electron chi connectivity index (χ0n) is 10.9. The molecule has 0 bridgehead atoms. The van der Waals surface area contributed by atoms with Gasteiger partial charge in [0.05, 0.1) is 18.9 Å². The lowest BCUT2D eigenvalue weighted by atomic mass is 10.1. The van der Waals surface area contributed by atoms with Crippen molar-refractivity contribution < 1.29 is 14.2 Å². The summed E-state index contributed by atoms with van der Waals surface area (Å²) in [6.45, 7) is 0.184. The molecule has 20 heavy (non-hydrogen) atoms. The molecule has 0 heterocycles. The molecule has 2 N–H and O–H groups in total. The number of hydrogen-bond donors (Lipinski definition) is 2. The number of methoxy groups -OCH3 is 1. The summed E-state index contributed by atoms with van der Waals surface area (Å²) in [7, 11) is 1.58. The summed E-state index contributed by atoms with van der Waals surface area (Å²) in [5.74, 6) is 0.311. The van der Waals surface area contributed by atoms with Crippen LogP contribution in [0, 0.1) is 5.82 Å². The maximum absolute atomic E-state index is 13.5. The van der Waals surface area contributed by atoms with Gasteiger partial charge < -0.3 is 15.2 Å². The zero-order chi connectivity index (χ0) is 14.5. The molecular formula is C15H15ClFNO2. The first kappa shape index (κ1) is 14.6. The molecule has 0 amide bonds. The summed E-state index contributed by atoms with van der Waals surface area (Å²) in [6, 6.07) is 11.3. The molecule has 0 fully saturated rings. The van der Waals surface area contributed by atoms with E-state index >= 15 is 0 Å². The van der Waals surface area contributed by atoms with Gasteiger partial charge in [-0.25, -0.2) is 4.39 Å². The van der Waals surface area contributed by atoms with E-state index in [0.29, 0.717) is 5.02 Å². The van der Waals surface area contributed by atoms with Crippen molar-refractivity contribution in [3.8, 4) is 5.75 Å². The molecule has 3 nitrogen and oxygen atoms in total. The maximum atomic E-state index is 13.5. The largest absolute Gasteiger partial charge is 0.497 e. The minimum atomic E-state index is -0.751. The molecule has 106 valence electrons. The van der Waals surface area contributed by atoms with Crippen LogP contribution in [-0.2, 0) is 0 Å². The van der Waals surface area contributed by atoms with Gasteiger partial charge in [0.1, 0.15) is 11.6 Å². The van der Waals surface area contributed by atoms with Crippen molar-refractivity contribution in [2.24, 2.45) is 0 Å². The Kier molecular flexibility index (Phi) is 4.82. The van der Waals surface area contributed by atoms with Gasteiger partial charge in [-0.3, -0.25) is 0 Å². The van der Waals surface area contributed by atoms with Gasteiger partial charge in [0.2, 0.25) is 0 Å². The fourth-order valence-corrected chi connectivity index (χ4v) is 1.96. The topological polar surface area (TPSA) is 41.5 Å². The van der Waals surface area contributed by atoms with Gasteiger partial charge in [-0.1, -0.05) is 23.7 Å². The molecule has 0 saturated heterocycles. The number of hydrogen-bond acceptors (Lipinski definition) is 3. The number of nitrogens with one attached hydrogen (secondary N) is 1. The van der Waals surface area contributed by atoms with Crippen LogP contribution < -0.4 is 10.1 Å². The molecular weight excluding hydrogens is 281 g/mol. The Morgan fingerprint density at radius 1 is 1.25 bits per heavy atom. The van der Waals surface area contributed by atoms with E-state index in [1.165, 1.54) is 18.2 Å². The van der Waals surface area contributed by atoms with E-state index in [1.54, 1.807) is 31.4 Å². The first-order valence-corrected chi connectivity index (χ1v) is 6.49. The van der Waals surface area contributed by atoms with Gasteiger partial charge in [0, 0.05) is 11.6 Å². The molecule has 0 saturated carbocycles. The standard InChI is InChI=1S/C15H15ClFNO2/c1-20-12-5-2-10(3-6-12)15(19)9-18-14-8-11(16)4-7-13(14)17/h2-8,15,18-19H,9H2,1H3. The number of anilines is 1. The lowest BCUT2D eigenvalue weighted by Gasteiger charge is -2.14. The maximum Gasteiger partial charge on any atom is 0.146 e. The Labute approximate surface area is 122 Å². The predicted octanol–water partition coefficient (Wildman–Crippen LogP) is 3.63. The van der Waals surface area contributed by atoms with E-state index in [1.807, 2.05) is 0 Å². The van der Waals surface area contributed by atoms with Crippen LogP contribution in [0.3, 0.4) is 0 Å². The van der Waals surface area contributed by atoms with Crippen LogP contribution >= 0.6 is 11.6 Å². The Bertz CT molecular complexity index is 575. The average molecular weight is 296 g/mol. The van der Waals surface area contributed by atoms with Crippen LogP contribution in [-0.4, -0.2) is 18.8 Å². The smallest absolute Gasteiger partial charge is 0.146 e. The van der Waals surface area contributed by atoms with E-state index in [0.717, 1.165) is 11.3 Å². The number of benzene rings is 2. The van der Waals surface area contributed by atoms with E-state index in [2.05, 4.69) is 5.32 Å². The number of ether oxygens (including phenoxy) is 1. The van der Waals surface area contributed by atoms with Crippen molar-refractivity contribution in [3.63, 3.8) is 0 Å². The number of aliphatic hydroxyl groups excluding tert-OH is 1. The highest BCUT2D eigenvalue weighted by molar-refractivity contribution is 6.30. The molecule has 0 aromatic heterocycles. The van der Waals surface area contributed by atoms with E-state index in [4.69, 9.17) is 16.3 Å². The fraction of sp³-hybridized carbons (Fsp3) is 0.200.